The number of aromatic nitrogens is 3. The van der Waals surface area contributed by atoms with Crippen molar-refractivity contribution in [2.45, 2.75) is 6.92 Å². The third kappa shape index (κ3) is 2.06. The summed E-state index contributed by atoms with van der Waals surface area (Å²) in [4.78, 5) is 52.1. The highest BCUT2D eigenvalue weighted by Crippen LogP contribution is 2.34. The number of hydrogen-bond donors (Lipinski definition) is 0. The van der Waals surface area contributed by atoms with Gasteiger partial charge < -0.3 is 0 Å². The van der Waals surface area contributed by atoms with E-state index in [-0.39, 0.29) is 32.6 Å². The molecule has 0 unspecified atom stereocenters. The van der Waals surface area contributed by atoms with Crippen molar-refractivity contribution < 1.29 is 14.5 Å². The quantitative estimate of drug-likeness (QED) is 0.382. The van der Waals surface area contributed by atoms with Crippen molar-refractivity contribution in [3.8, 4) is 0 Å². The number of nitrogens with zero attached hydrogens (tertiary/aromatic N) is 5. The molecule has 0 bridgehead atoms. The van der Waals surface area contributed by atoms with E-state index in [1.165, 1.54) is 25.1 Å². The van der Waals surface area contributed by atoms with Crippen LogP contribution in [0.15, 0.2) is 29.1 Å². The SMILES string of the molecule is Cc1nn2c3c(sc2nc1=O)C(=O)N(c1cccc([N+](=O)[O-])c1)C3=O. The summed E-state index contributed by atoms with van der Waals surface area (Å²) in [5.74, 6) is -1.31. The van der Waals surface area contributed by atoms with Gasteiger partial charge in [0.2, 0.25) is 4.96 Å². The molecule has 0 radical (unpaired) electrons. The van der Waals surface area contributed by atoms with Crippen LogP contribution in [-0.2, 0) is 0 Å². The Kier molecular flexibility index (Phi) is 3.02. The van der Waals surface area contributed by atoms with Gasteiger partial charge in [0.15, 0.2) is 5.69 Å². The summed E-state index contributed by atoms with van der Waals surface area (Å²) in [5.41, 5.74) is -0.599. The molecule has 2 aromatic heterocycles. The summed E-state index contributed by atoms with van der Waals surface area (Å²) in [7, 11) is 0. The highest BCUT2D eigenvalue weighted by atomic mass is 32.1. The molecule has 124 valence electrons. The highest BCUT2D eigenvalue weighted by molar-refractivity contribution is 7.19. The van der Waals surface area contributed by atoms with Gasteiger partial charge in [0.25, 0.3) is 23.1 Å². The van der Waals surface area contributed by atoms with E-state index < -0.39 is 22.3 Å². The Bertz CT molecular complexity index is 1160. The zero-order valence-electron chi connectivity index (χ0n) is 12.5. The van der Waals surface area contributed by atoms with Crippen LogP contribution in [-0.4, -0.2) is 31.3 Å². The minimum atomic E-state index is -0.677. The first-order valence-corrected chi connectivity index (χ1v) is 7.74. The van der Waals surface area contributed by atoms with Crippen LogP contribution in [0.3, 0.4) is 0 Å². The maximum atomic E-state index is 12.7. The molecule has 0 aliphatic carbocycles. The summed E-state index contributed by atoms with van der Waals surface area (Å²) >= 11 is 0.873. The van der Waals surface area contributed by atoms with Crippen molar-refractivity contribution in [3.63, 3.8) is 0 Å². The van der Waals surface area contributed by atoms with Gasteiger partial charge >= 0.3 is 0 Å². The lowest BCUT2D eigenvalue weighted by molar-refractivity contribution is -0.384. The molecule has 3 aromatic rings. The van der Waals surface area contributed by atoms with E-state index in [1.54, 1.807) is 0 Å². The van der Waals surface area contributed by atoms with Gasteiger partial charge in [-0.05, 0) is 13.0 Å². The topological polar surface area (TPSA) is 128 Å². The number of carbonyl (C=O) groups is 2. The monoisotopic (exact) mass is 357 g/mol. The van der Waals surface area contributed by atoms with E-state index in [0.717, 1.165) is 26.8 Å². The molecule has 0 saturated heterocycles. The molecule has 4 rings (SSSR count). The first-order chi connectivity index (χ1) is 11.9. The number of nitro groups is 1. The Morgan fingerprint density at radius 2 is 1.96 bits per heavy atom. The maximum Gasteiger partial charge on any atom is 0.295 e. The lowest BCUT2D eigenvalue weighted by atomic mass is 10.2. The molecule has 1 aliphatic heterocycles. The highest BCUT2D eigenvalue weighted by Gasteiger charge is 2.42. The molecule has 3 heterocycles. The third-order valence-electron chi connectivity index (χ3n) is 3.66. The molecule has 11 heteroatoms. The lowest BCUT2D eigenvalue weighted by Gasteiger charge is -2.13. The van der Waals surface area contributed by atoms with Crippen molar-refractivity contribution in [3.05, 3.63) is 61.0 Å². The molecular weight excluding hydrogens is 350 g/mol. The van der Waals surface area contributed by atoms with Gasteiger partial charge in [0.05, 0.1) is 10.6 Å². The third-order valence-corrected chi connectivity index (χ3v) is 4.68. The van der Waals surface area contributed by atoms with Gasteiger partial charge in [-0.2, -0.15) is 14.6 Å². The fraction of sp³-hybridized carbons (Fsp3) is 0.0714. The van der Waals surface area contributed by atoms with E-state index in [9.17, 15) is 24.5 Å². The second-order valence-corrected chi connectivity index (χ2v) is 6.18. The Morgan fingerprint density at radius 3 is 2.68 bits per heavy atom. The zero-order chi connectivity index (χ0) is 17.9. The molecule has 0 saturated carbocycles. The molecule has 0 atom stereocenters. The predicted octanol–water partition coefficient (Wildman–Crippen LogP) is 1.17. The van der Waals surface area contributed by atoms with Crippen LogP contribution < -0.4 is 10.5 Å². The van der Waals surface area contributed by atoms with E-state index in [2.05, 4.69) is 10.1 Å². The van der Waals surface area contributed by atoms with Gasteiger partial charge in [-0.25, -0.2) is 4.90 Å². The zero-order valence-corrected chi connectivity index (χ0v) is 13.3. The van der Waals surface area contributed by atoms with Gasteiger partial charge in [-0.3, -0.25) is 24.5 Å². The number of anilines is 1. The fourth-order valence-electron chi connectivity index (χ4n) is 2.51. The van der Waals surface area contributed by atoms with Crippen LogP contribution >= 0.6 is 11.3 Å². The van der Waals surface area contributed by atoms with Gasteiger partial charge in [0.1, 0.15) is 10.6 Å². The molecule has 0 N–H and O–H groups in total. The number of non-ortho nitro benzene ring substituents is 1. The Morgan fingerprint density at radius 1 is 1.20 bits per heavy atom. The number of imide groups is 1. The molecule has 1 aromatic carbocycles. The number of nitro benzene ring substituents is 1. The molecule has 2 amide bonds. The van der Waals surface area contributed by atoms with Crippen LogP contribution in [0.5, 0.6) is 0 Å². The predicted molar refractivity (Wildman–Crippen MR) is 86.1 cm³/mol. The number of aryl methyl sites for hydroxylation is 1. The normalized spacial score (nSPS) is 13.6. The smallest absolute Gasteiger partial charge is 0.267 e. The van der Waals surface area contributed by atoms with Crippen molar-refractivity contribution in [2.24, 2.45) is 0 Å². The molecular formula is C14H7N5O5S. The van der Waals surface area contributed by atoms with Gasteiger partial charge in [-0.15, -0.1) is 0 Å². The van der Waals surface area contributed by atoms with E-state index in [0.29, 0.717) is 0 Å². The number of rotatable bonds is 2. The van der Waals surface area contributed by atoms with Crippen LogP contribution in [0.25, 0.3) is 4.96 Å². The minimum Gasteiger partial charge on any atom is -0.267 e. The molecule has 1 aliphatic rings. The van der Waals surface area contributed by atoms with Crippen LogP contribution in [0.4, 0.5) is 11.4 Å². The standard InChI is InChI=1S/C14H7N5O5S/c1-6-11(20)15-14-18(16-6)9-10(25-14)13(22)17(12(9)21)7-3-2-4-8(5-7)19(23)24/h2-5H,1H3. The first kappa shape index (κ1) is 15.1. The van der Waals surface area contributed by atoms with Gasteiger partial charge in [-0.1, -0.05) is 17.4 Å². The number of carbonyl (C=O) groups excluding carboxylic acids is 2. The van der Waals surface area contributed by atoms with E-state index in [1.807, 2.05) is 0 Å². The minimum absolute atomic E-state index is 0.00731. The number of benzene rings is 1. The fourth-order valence-corrected chi connectivity index (χ4v) is 3.49. The van der Waals surface area contributed by atoms with Crippen molar-refractivity contribution in [1.82, 2.24) is 14.6 Å². The second-order valence-electron chi connectivity index (χ2n) is 5.20. The molecule has 0 spiro atoms. The average Bonchev–Trinajstić information content (AvgIpc) is 3.04. The second kappa shape index (κ2) is 5.01. The Hall–Kier alpha value is -3.47. The van der Waals surface area contributed by atoms with E-state index in [4.69, 9.17) is 0 Å². The van der Waals surface area contributed by atoms with Gasteiger partial charge in [0, 0.05) is 12.1 Å². The Balaban J connectivity index is 1.89. The van der Waals surface area contributed by atoms with Crippen molar-refractivity contribution >= 4 is 39.5 Å². The van der Waals surface area contributed by atoms with Crippen LogP contribution in [0, 0.1) is 17.0 Å². The van der Waals surface area contributed by atoms with Crippen LogP contribution in [0.2, 0.25) is 0 Å². The largest absolute Gasteiger partial charge is 0.295 e. The van der Waals surface area contributed by atoms with Crippen molar-refractivity contribution in [2.75, 3.05) is 4.90 Å². The Labute approximate surface area is 142 Å². The number of fused-ring (bicyclic) bond motifs is 3. The first-order valence-electron chi connectivity index (χ1n) is 6.92. The molecule has 10 nitrogen and oxygen atoms in total. The summed E-state index contributed by atoms with van der Waals surface area (Å²) in [6.45, 7) is 1.45. The summed E-state index contributed by atoms with van der Waals surface area (Å²) in [5, 5.41) is 14.9. The molecule has 0 fully saturated rings. The lowest BCUT2D eigenvalue weighted by Crippen LogP contribution is -2.30. The summed E-state index contributed by atoms with van der Waals surface area (Å²) < 4.78 is 1.16. The molecule has 25 heavy (non-hydrogen) atoms. The number of amides is 2. The average molecular weight is 357 g/mol. The van der Waals surface area contributed by atoms with Crippen LogP contribution in [0.1, 0.15) is 25.9 Å². The maximum absolute atomic E-state index is 12.7. The van der Waals surface area contributed by atoms with Crippen molar-refractivity contribution in [1.29, 1.82) is 0 Å². The number of hydrogen-bond acceptors (Lipinski definition) is 8. The number of thiazole rings is 1. The summed E-state index contributed by atoms with van der Waals surface area (Å²) in [6, 6.07) is 5.23. The summed E-state index contributed by atoms with van der Waals surface area (Å²) in [6.07, 6.45) is 0. The van der Waals surface area contributed by atoms with E-state index >= 15 is 0 Å².